The molecule has 1 aliphatic carbocycles. The van der Waals surface area contributed by atoms with Crippen molar-refractivity contribution in [2.75, 3.05) is 19.6 Å². The summed E-state index contributed by atoms with van der Waals surface area (Å²) in [6.45, 7) is 1.36. The second-order valence-electron chi connectivity index (χ2n) is 8.48. The summed E-state index contributed by atoms with van der Waals surface area (Å²) in [5.41, 5.74) is 8.31. The number of hydrogen-bond donors (Lipinski definition) is 1. The van der Waals surface area contributed by atoms with Gasteiger partial charge in [-0.15, -0.1) is 0 Å². The SMILES string of the molecule is NCC1(c2cccc(Cl)c2)CCC(N2CC(=O)N(Cc3ccccc3)CC2=O)CC1. The molecule has 0 spiro atoms. The number of benzene rings is 2. The van der Waals surface area contributed by atoms with Crippen molar-refractivity contribution in [3.05, 3.63) is 70.7 Å². The first-order chi connectivity index (χ1) is 14.5. The van der Waals surface area contributed by atoms with E-state index in [1.165, 1.54) is 5.56 Å². The van der Waals surface area contributed by atoms with Gasteiger partial charge in [0.25, 0.3) is 0 Å². The molecule has 2 N–H and O–H groups in total. The fourth-order valence-corrected chi connectivity index (χ4v) is 5.04. The van der Waals surface area contributed by atoms with Crippen molar-refractivity contribution in [3.63, 3.8) is 0 Å². The van der Waals surface area contributed by atoms with Crippen LogP contribution in [0, 0.1) is 0 Å². The predicted molar refractivity (Wildman–Crippen MR) is 118 cm³/mol. The van der Waals surface area contributed by atoms with Crippen LogP contribution in [0.1, 0.15) is 36.8 Å². The smallest absolute Gasteiger partial charge is 0.242 e. The van der Waals surface area contributed by atoms with Gasteiger partial charge in [-0.3, -0.25) is 9.59 Å². The summed E-state index contributed by atoms with van der Waals surface area (Å²) < 4.78 is 0. The summed E-state index contributed by atoms with van der Waals surface area (Å²) in [6.07, 6.45) is 3.48. The minimum Gasteiger partial charge on any atom is -0.330 e. The Labute approximate surface area is 182 Å². The fraction of sp³-hybridized carbons (Fsp3) is 0.417. The summed E-state index contributed by atoms with van der Waals surface area (Å²) in [7, 11) is 0. The van der Waals surface area contributed by atoms with Crippen LogP contribution >= 0.6 is 11.6 Å². The Hall–Kier alpha value is -2.37. The van der Waals surface area contributed by atoms with Crippen LogP contribution in [0.25, 0.3) is 0 Å². The molecule has 6 heteroatoms. The highest BCUT2D eigenvalue weighted by Crippen LogP contribution is 2.41. The highest BCUT2D eigenvalue weighted by molar-refractivity contribution is 6.30. The Bertz CT molecular complexity index is 910. The zero-order valence-electron chi connectivity index (χ0n) is 17.1. The molecular weight excluding hydrogens is 398 g/mol. The Balaban J connectivity index is 1.40. The van der Waals surface area contributed by atoms with Crippen molar-refractivity contribution >= 4 is 23.4 Å². The van der Waals surface area contributed by atoms with Crippen molar-refractivity contribution in [1.82, 2.24) is 9.80 Å². The van der Waals surface area contributed by atoms with E-state index < -0.39 is 0 Å². The Kier molecular flexibility index (Phi) is 6.11. The third-order valence-electron chi connectivity index (χ3n) is 6.70. The lowest BCUT2D eigenvalue weighted by molar-refractivity contribution is -0.153. The lowest BCUT2D eigenvalue weighted by Gasteiger charge is -2.45. The monoisotopic (exact) mass is 425 g/mol. The van der Waals surface area contributed by atoms with E-state index in [1.807, 2.05) is 48.5 Å². The summed E-state index contributed by atoms with van der Waals surface area (Å²) >= 11 is 6.20. The van der Waals surface area contributed by atoms with Crippen molar-refractivity contribution < 1.29 is 9.59 Å². The first-order valence-electron chi connectivity index (χ1n) is 10.6. The van der Waals surface area contributed by atoms with Crippen LogP contribution in [0.5, 0.6) is 0 Å². The highest BCUT2D eigenvalue weighted by atomic mass is 35.5. The molecule has 1 aliphatic heterocycles. The second-order valence-corrected chi connectivity index (χ2v) is 8.92. The van der Waals surface area contributed by atoms with Crippen molar-refractivity contribution in [2.24, 2.45) is 5.73 Å². The molecule has 0 radical (unpaired) electrons. The van der Waals surface area contributed by atoms with E-state index in [4.69, 9.17) is 17.3 Å². The van der Waals surface area contributed by atoms with Crippen LogP contribution in [0.2, 0.25) is 5.02 Å². The first-order valence-corrected chi connectivity index (χ1v) is 11.0. The normalized spacial score (nSPS) is 24.9. The van der Waals surface area contributed by atoms with Crippen molar-refractivity contribution in [2.45, 2.75) is 43.7 Å². The molecule has 1 heterocycles. The number of nitrogens with two attached hydrogens (primary N) is 1. The van der Waals surface area contributed by atoms with E-state index in [0.717, 1.165) is 36.3 Å². The molecule has 0 unspecified atom stereocenters. The fourth-order valence-electron chi connectivity index (χ4n) is 4.85. The zero-order chi connectivity index (χ0) is 21.1. The largest absolute Gasteiger partial charge is 0.330 e. The van der Waals surface area contributed by atoms with Gasteiger partial charge in [-0.05, 0) is 48.9 Å². The number of hydrogen-bond acceptors (Lipinski definition) is 3. The van der Waals surface area contributed by atoms with Gasteiger partial charge in [0.2, 0.25) is 11.8 Å². The highest BCUT2D eigenvalue weighted by Gasteiger charge is 2.41. The second kappa shape index (κ2) is 8.78. The molecule has 158 valence electrons. The number of carbonyl (C=O) groups excluding carboxylic acids is 2. The predicted octanol–water partition coefficient (Wildman–Crippen LogP) is 3.35. The molecule has 2 aliphatic rings. The molecule has 1 saturated heterocycles. The maximum Gasteiger partial charge on any atom is 0.242 e. The number of rotatable bonds is 5. The standard InChI is InChI=1S/C24H28ClN3O2/c25-20-8-4-7-19(13-20)24(17-26)11-9-21(10-12-24)28-16-22(29)27(15-23(28)30)14-18-5-2-1-3-6-18/h1-8,13,21H,9-12,14-17,26H2. The lowest BCUT2D eigenvalue weighted by atomic mass is 9.68. The van der Waals surface area contributed by atoms with Gasteiger partial charge in [0, 0.05) is 29.6 Å². The minimum atomic E-state index is -0.108. The summed E-state index contributed by atoms with van der Waals surface area (Å²) in [6, 6.07) is 17.8. The maximum absolute atomic E-state index is 12.9. The van der Waals surface area contributed by atoms with Gasteiger partial charge in [0.1, 0.15) is 13.1 Å². The quantitative estimate of drug-likeness (QED) is 0.798. The zero-order valence-corrected chi connectivity index (χ0v) is 17.9. The van der Waals surface area contributed by atoms with Crippen LogP contribution < -0.4 is 5.73 Å². The van der Waals surface area contributed by atoms with Gasteiger partial charge in [-0.2, -0.15) is 0 Å². The third kappa shape index (κ3) is 4.23. The number of nitrogens with zero attached hydrogens (tertiary/aromatic N) is 2. The Morgan fingerprint density at radius 1 is 0.967 bits per heavy atom. The lowest BCUT2D eigenvalue weighted by Crippen LogP contribution is -2.58. The molecule has 2 aromatic rings. The molecule has 2 fully saturated rings. The van der Waals surface area contributed by atoms with E-state index in [2.05, 4.69) is 6.07 Å². The molecular formula is C24H28ClN3O2. The van der Waals surface area contributed by atoms with Crippen LogP contribution in [0.3, 0.4) is 0 Å². The number of piperazine rings is 1. The van der Waals surface area contributed by atoms with Crippen LogP contribution in [0.15, 0.2) is 54.6 Å². The van der Waals surface area contributed by atoms with Crippen LogP contribution in [-0.2, 0) is 21.5 Å². The van der Waals surface area contributed by atoms with E-state index in [9.17, 15) is 9.59 Å². The summed E-state index contributed by atoms with van der Waals surface area (Å²) in [4.78, 5) is 29.1. The number of amides is 2. The summed E-state index contributed by atoms with van der Waals surface area (Å²) in [5, 5.41) is 0.720. The van der Waals surface area contributed by atoms with Gasteiger partial charge >= 0.3 is 0 Å². The first kappa shape index (κ1) is 20.9. The Morgan fingerprint density at radius 2 is 1.70 bits per heavy atom. The van der Waals surface area contributed by atoms with Gasteiger partial charge in [0.05, 0.1) is 0 Å². The van der Waals surface area contributed by atoms with E-state index >= 15 is 0 Å². The van der Waals surface area contributed by atoms with Crippen molar-refractivity contribution in [3.8, 4) is 0 Å². The molecule has 2 amide bonds. The molecule has 30 heavy (non-hydrogen) atoms. The average molecular weight is 426 g/mol. The molecule has 1 saturated carbocycles. The molecule has 4 rings (SSSR count). The minimum absolute atomic E-state index is 0.0176. The third-order valence-corrected chi connectivity index (χ3v) is 6.94. The summed E-state index contributed by atoms with van der Waals surface area (Å²) in [5.74, 6) is 0.0579. The average Bonchev–Trinajstić information content (AvgIpc) is 2.77. The molecule has 0 aromatic heterocycles. The maximum atomic E-state index is 12.9. The number of halogens is 1. The van der Waals surface area contributed by atoms with Gasteiger partial charge in [-0.1, -0.05) is 54.1 Å². The van der Waals surface area contributed by atoms with Gasteiger partial charge in [0.15, 0.2) is 0 Å². The molecule has 0 atom stereocenters. The van der Waals surface area contributed by atoms with E-state index in [0.29, 0.717) is 13.1 Å². The van der Waals surface area contributed by atoms with Gasteiger partial charge < -0.3 is 15.5 Å². The van der Waals surface area contributed by atoms with E-state index in [1.54, 1.807) is 9.80 Å². The van der Waals surface area contributed by atoms with Gasteiger partial charge in [-0.25, -0.2) is 0 Å². The van der Waals surface area contributed by atoms with E-state index in [-0.39, 0.29) is 36.4 Å². The Morgan fingerprint density at radius 3 is 2.37 bits per heavy atom. The van der Waals surface area contributed by atoms with Crippen LogP contribution in [0.4, 0.5) is 0 Å². The van der Waals surface area contributed by atoms with Crippen molar-refractivity contribution in [1.29, 1.82) is 0 Å². The molecule has 5 nitrogen and oxygen atoms in total. The molecule has 2 aromatic carbocycles. The topological polar surface area (TPSA) is 66.6 Å². The molecule has 0 bridgehead atoms. The number of carbonyl (C=O) groups is 2. The van der Waals surface area contributed by atoms with Crippen LogP contribution in [-0.4, -0.2) is 47.3 Å².